The number of benzene rings is 1. The fourth-order valence-electron chi connectivity index (χ4n) is 3.22. The maximum atomic E-state index is 9.40. The minimum Gasteiger partial charge on any atom is -0.253 e. The third-order valence-electron chi connectivity index (χ3n) is 4.64. The van der Waals surface area contributed by atoms with E-state index >= 15 is 0 Å². The van der Waals surface area contributed by atoms with Crippen molar-refractivity contribution >= 4 is 44.0 Å². The molecular formula is C22H4N10. The molecule has 0 fully saturated rings. The van der Waals surface area contributed by atoms with E-state index in [1.807, 2.05) is 12.1 Å². The smallest absolute Gasteiger partial charge is 0.177 e. The lowest BCUT2D eigenvalue weighted by atomic mass is 10.0. The van der Waals surface area contributed by atoms with Gasteiger partial charge in [0.2, 0.25) is 0 Å². The number of aromatic nitrogens is 4. The van der Waals surface area contributed by atoms with Crippen molar-refractivity contribution < 1.29 is 0 Å². The van der Waals surface area contributed by atoms with E-state index in [1.165, 1.54) is 24.5 Å². The van der Waals surface area contributed by atoms with Crippen molar-refractivity contribution in [3.05, 3.63) is 46.4 Å². The highest BCUT2D eigenvalue weighted by Crippen LogP contribution is 2.30. The van der Waals surface area contributed by atoms with Crippen LogP contribution < -0.4 is 10.4 Å². The molecule has 0 aliphatic heterocycles. The van der Waals surface area contributed by atoms with Crippen molar-refractivity contribution in [2.75, 3.05) is 0 Å². The lowest BCUT2D eigenvalue weighted by Crippen LogP contribution is -2.09. The Balaban J connectivity index is 2.39. The molecule has 32 heavy (non-hydrogen) atoms. The van der Waals surface area contributed by atoms with Crippen LogP contribution in [0.15, 0.2) is 24.5 Å². The van der Waals surface area contributed by atoms with Crippen molar-refractivity contribution in [1.82, 2.24) is 19.9 Å². The molecule has 10 heteroatoms. The zero-order valence-electron chi connectivity index (χ0n) is 15.8. The highest BCUT2D eigenvalue weighted by Gasteiger charge is 2.17. The Bertz CT molecular complexity index is 1720. The number of fused-ring (bicyclic) bond motifs is 6. The van der Waals surface area contributed by atoms with Gasteiger partial charge in [0.15, 0.2) is 11.4 Å². The van der Waals surface area contributed by atoms with Crippen LogP contribution in [0.1, 0.15) is 11.4 Å². The summed E-state index contributed by atoms with van der Waals surface area (Å²) in [6.07, 6.45) is 2.69. The molecule has 0 amide bonds. The zero-order valence-corrected chi connectivity index (χ0v) is 15.8. The van der Waals surface area contributed by atoms with Crippen LogP contribution in [0.5, 0.6) is 0 Å². The molecule has 0 saturated carbocycles. The van der Waals surface area contributed by atoms with Gasteiger partial charge < -0.3 is 0 Å². The van der Waals surface area contributed by atoms with Crippen molar-refractivity contribution in [3.63, 3.8) is 0 Å². The number of hydrogen-bond donors (Lipinski definition) is 0. The van der Waals surface area contributed by atoms with Crippen LogP contribution in [0.2, 0.25) is 0 Å². The lowest BCUT2D eigenvalue weighted by Gasteiger charge is -2.08. The molecule has 4 aromatic rings. The van der Waals surface area contributed by atoms with Gasteiger partial charge in [-0.25, -0.2) is 9.97 Å². The average Bonchev–Trinajstić information content (AvgIpc) is 2.84. The highest BCUT2D eigenvalue weighted by atomic mass is 14.8. The second kappa shape index (κ2) is 7.47. The molecule has 3 heterocycles. The molecule has 0 atom stereocenters. The first-order chi connectivity index (χ1) is 15.6. The predicted octanol–water partition coefficient (Wildman–Crippen LogP) is 0.865. The first-order valence-electron chi connectivity index (χ1n) is 8.68. The number of rotatable bonds is 0. The Hall–Kier alpha value is -5.94. The van der Waals surface area contributed by atoms with Crippen LogP contribution >= 0.6 is 0 Å². The van der Waals surface area contributed by atoms with Crippen LogP contribution in [0.25, 0.3) is 44.0 Å². The summed E-state index contributed by atoms with van der Waals surface area (Å²) in [5, 5.41) is 56.8. The zero-order chi connectivity index (χ0) is 22.8. The molecule has 10 nitrogen and oxygen atoms in total. The molecule has 0 N–H and O–H groups in total. The summed E-state index contributed by atoms with van der Waals surface area (Å²) < 4.78 is 0. The maximum absolute atomic E-state index is 9.40. The molecule has 0 spiro atoms. The molecule has 0 saturated heterocycles. The minimum absolute atomic E-state index is 0.166. The summed E-state index contributed by atoms with van der Waals surface area (Å²) in [6, 6.07) is 13.9. The maximum Gasteiger partial charge on any atom is 0.177 e. The summed E-state index contributed by atoms with van der Waals surface area (Å²) >= 11 is 0. The number of nitriles is 6. The van der Waals surface area contributed by atoms with Gasteiger partial charge in [0.05, 0.1) is 11.0 Å². The molecule has 0 unspecified atom stereocenters. The van der Waals surface area contributed by atoms with Crippen molar-refractivity contribution in [2.45, 2.75) is 0 Å². The Morgan fingerprint density at radius 1 is 0.562 bits per heavy atom. The van der Waals surface area contributed by atoms with Gasteiger partial charge in [-0.05, 0) is 12.1 Å². The van der Waals surface area contributed by atoms with Crippen LogP contribution in [0, 0.1) is 68.0 Å². The van der Waals surface area contributed by atoms with E-state index in [4.69, 9.17) is 0 Å². The lowest BCUT2D eigenvalue weighted by molar-refractivity contribution is 1.20. The van der Waals surface area contributed by atoms with E-state index < -0.39 is 0 Å². The Labute approximate surface area is 178 Å². The third-order valence-corrected chi connectivity index (χ3v) is 4.64. The molecule has 3 aromatic heterocycles. The van der Waals surface area contributed by atoms with Crippen LogP contribution in [0.3, 0.4) is 0 Å². The monoisotopic (exact) mass is 408 g/mol. The molecular weight excluding hydrogens is 404 g/mol. The SMILES string of the molecule is N#CC(C#N)=c1cnc2c(c1)c1nc(C#N)c(C#N)nc1c1cc(=C(C#N)C#N)cnc12. The normalized spacial score (nSPS) is 9.69. The topological polar surface area (TPSA) is 194 Å². The van der Waals surface area contributed by atoms with E-state index in [-0.39, 0.29) is 44.0 Å². The second-order valence-corrected chi connectivity index (χ2v) is 6.28. The standard InChI is InChI=1S/C22H4N10/c23-3-13(4-24)11-1-15-19(29-9-11)20-16(2-12(10-30-20)14(5-25)6-26)22-21(15)31-17(7-27)18(8-28)32-22/h1-2,9-10H. The third kappa shape index (κ3) is 2.76. The van der Waals surface area contributed by atoms with Crippen LogP contribution in [0.4, 0.5) is 0 Å². The van der Waals surface area contributed by atoms with Crippen LogP contribution in [-0.2, 0) is 0 Å². The predicted molar refractivity (Wildman–Crippen MR) is 108 cm³/mol. The van der Waals surface area contributed by atoms with Crippen molar-refractivity contribution in [1.29, 1.82) is 31.6 Å². The first-order valence-corrected chi connectivity index (χ1v) is 8.68. The minimum atomic E-state index is -0.207. The fraction of sp³-hybridized carbons (Fsp3) is 0. The van der Waals surface area contributed by atoms with Gasteiger partial charge in [-0.1, -0.05) is 0 Å². The molecule has 0 aliphatic rings. The van der Waals surface area contributed by atoms with E-state index in [2.05, 4.69) is 19.9 Å². The summed E-state index contributed by atoms with van der Waals surface area (Å²) in [5.74, 6) is 0. The molecule has 0 bridgehead atoms. The Kier molecular flexibility index (Phi) is 4.53. The molecule has 1 aromatic carbocycles. The summed E-state index contributed by atoms with van der Waals surface area (Å²) in [4.78, 5) is 17.3. The molecule has 0 radical (unpaired) electrons. The van der Waals surface area contributed by atoms with E-state index in [1.54, 1.807) is 24.3 Å². The van der Waals surface area contributed by atoms with Crippen molar-refractivity contribution in [3.8, 4) is 36.4 Å². The second-order valence-electron chi connectivity index (χ2n) is 6.28. The summed E-state index contributed by atoms with van der Waals surface area (Å²) in [6.45, 7) is 0. The van der Waals surface area contributed by atoms with E-state index in [0.29, 0.717) is 21.8 Å². The van der Waals surface area contributed by atoms with Gasteiger partial charge >= 0.3 is 0 Å². The quantitative estimate of drug-likeness (QED) is 0.376. The van der Waals surface area contributed by atoms with Gasteiger partial charge in [0.25, 0.3) is 0 Å². The van der Waals surface area contributed by atoms with Gasteiger partial charge in [-0.3, -0.25) is 9.97 Å². The summed E-state index contributed by atoms with van der Waals surface area (Å²) in [7, 11) is 0. The van der Waals surface area contributed by atoms with Crippen LogP contribution in [-0.4, -0.2) is 19.9 Å². The Morgan fingerprint density at radius 3 is 1.25 bits per heavy atom. The van der Waals surface area contributed by atoms with Gasteiger partial charge in [0, 0.05) is 33.6 Å². The largest absolute Gasteiger partial charge is 0.253 e. The van der Waals surface area contributed by atoms with Crippen molar-refractivity contribution in [2.24, 2.45) is 0 Å². The molecule has 0 aliphatic carbocycles. The van der Waals surface area contributed by atoms with Gasteiger partial charge in [-0.15, -0.1) is 0 Å². The summed E-state index contributed by atoms with van der Waals surface area (Å²) in [5.41, 5.74) is 0.333. The Morgan fingerprint density at radius 2 is 0.938 bits per heavy atom. The van der Waals surface area contributed by atoms with E-state index in [9.17, 15) is 31.6 Å². The number of pyridine rings is 2. The first kappa shape index (κ1) is 19.4. The van der Waals surface area contributed by atoms with Gasteiger partial charge in [0.1, 0.15) is 58.6 Å². The average molecular weight is 408 g/mol. The number of nitrogens with zero attached hydrogens (tertiary/aromatic N) is 10. The van der Waals surface area contributed by atoms with E-state index in [0.717, 1.165) is 0 Å². The highest BCUT2D eigenvalue weighted by molar-refractivity contribution is 6.20. The molecule has 142 valence electrons. The molecule has 4 rings (SSSR count). The van der Waals surface area contributed by atoms with Gasteiger partial charge in [-0.2, -0.15) is 31.6 Å². The fourth-order valence-corrected chi connectivity index (χ4v) is 3.22. The number of hydrogen-bond acceptors (Lipinski definition) is 10.